The maximum absolute atomic E-state index is 9.49. The van der Waals surface area contributed by atoms with Crippen LogP contribution in [-0.2, 0) is 24.8 Å². The minimum atomic E-state index is 0.0462. The summed E-state index contributed by atoms with van der Waals surface area (Å²) >= 11 is 1.62. The molecule has 2 aromatic heterocycles. The molecule has 23 heavy (non-hydrogen) atoms. The lowest BCUT2D eigenvalue weighted by molar-refractivity contribution is 0.571. The van der Waals surface area contributed by atoms with Gasteiger partial charge in [-0.25, -0.2) is 4.98 Å². The van der Waals surface area contributed by atoms with Crippen LogP contribution in [0.4, 0.5) is 5.82 Å². The number of thiazole rings is 1. The maximum Gasteiger partial charge on any atom is 0.167 e. The van der Waals surface area contributed by atoms with Gasteiger partial charge < -0.3 is 5.32 Å². The number of nitriles is 1. The van der Waals surface area contributed by atoms with Gasteiger partial charge in [-0.1, -0.05) is 34.6 Å². The number of aryl methyl sites for hydroxylation is 1. The first kappa shape index (κ1) is 17.4. The highest BCUT2D eigenvalue weighted by molar-refractivity contribution is 7.09. The van der Waals surface area contributed by atoms with Crippen molar-refractivity contribution in [3.8, 4) is 6.07 Å². The molecule has 0 aromatic carbocycles. The number of rotatable bonds is 5. The minimum Gasteiger partial charge on any atom is -0.361 e. The highest BCUT2D eigenvalue weighted by Crippen LogP contribution is 2.25. The Kier molecular flexibility index (Phi) is 5.32. The number of hydrogen-bond acceptors (Lipinski definition) is 6. The molecule has 0 aliphatic heterocycles. The third kappa shape index (κ3) is 3.85. The molecule has 0 unspecified atom stereocenters. The summed E-state index contributed by atoms with van der Waals surface area (Å²) < 4.78 is 0. The number of anilines is 1. The van der Waals surface area contributed by atoms with Crippen LogP contribution in [0.2, 0.25) is 0 Å². The molecule has 2 rings (SSSR count). The second kappa shape index (κ2) is 7.05. The maximum atomic E-state index is 9.49. The fraction of sp³-hybridized carbons (Fsp3) is 0.529. The zero-order chi connectivity index (χ0) is 17.0. The number of nitrogens with zero attached hydrogens (tertiary/aromatic N) is 4. The monoisotopic (exact) mass is 329 g/mol. The molecule has 0 saturated heterocycles. The minimum absolute atomic E-state index is 0.0462. The molecule has 5 nitrogen and oxygen atoms in total. The summed E-state index contributed by atoms with van der Waals surface area (Å²) in [5, 5.41) is 24.2. The fourth-order valence-corrected chi connectivity index (χ4v) is 3.27. The standard InChI is InChI=1S/C17H23N5S/c1-6-11-12(8-18)16(22-21-13(11)7-2)19-9-15-20-14(10-23-15)17(3,4)5/h10H,6-7,9H2,1-5H3,(H,19,22). The van der Waals surface area contributed by atoms with Gasteiger partial charge in [0.05, 0.1) is 17.9 Å². The lowest BCUT2D eigenvalue weighted by Gasteiger charge is -2.14. The molecule has 0 aliphatic rings. The molecule has 1 N–H and O–H groups in total. The van der Waals surface area contributed by atoms with Crippen molar-refractivity contribution in [1.82, 2.24) is 15.2 Å². The van der Waals surface area contributed by atoms with E-state index in [2.05, 4.69) is 52.7 Å². The SMILES string of the molecule is CCc1nnc(NCc2nc(C(C)(C)C)cs2)c(C#N)c1CC. The van der Waals surface area contributed by atoms with Crippen molar-refractivity contribution < 1.29 is 0 Å². The van der Waals surface area contributed by atoms with E-state index < -0.39 is 0 Å². The summed E-state index contributed by atoms with van der Waals surface area (Å²) in [6.07, 6.45) is 1.56. The van der Waals surface area contributed by atoms with E-state index in [0.717, 1.165) is 34.8 Å². The van der Waals surface area contributed by atoms with Gasteiger partial charge in [0.2, 0.25) is 0 Å². The van der Waals surface area contributed by atoms with E-state index in [4.69, 9.17) is 0 Å². The van der Waals surface area contributed by atoms with Crippen LogP contribution in [0, 0.1) is 11.3 Å². The fourth-order valence-electron chi connectivity index (χ4n) is 2.31. The van der Waals surface area contributed by atoms with E-state index >= 15 is 0 Å². The lowest BCUT2D eigenvalue weighted by atomic mass is 9.93. The van der Waals surface area contributed by atoms with Gasteiger partial charge in [-0.15, -0.1) is 16.4 Å². The second-order valence-electron chi connectivity index (χ2n) is 6.40. The lowest BCUT2D eigenvalue weighted by Crippen LogP contribution is -2.12. The molecular formula is C17H23N5S. The topological polar surface area (TPSA) is 74.5 Å². The Morgan fingerprint density at radius 2 is 1.96 bits per heavy atom. The number of hydrogen-bond donors (Lipinski definition) is 1. The van der Waals surface area contributed by atoms with E-state index in [-0.39, 0.29) is 5.41 Å². The third-order valence-electron chi connectivity index (χ3n) is 3.69. The van der Waals surface area contributed by atoms with Crippen LogP contribution in [0.1, 0.15) is 62.1 Å². The summed E-state index contributed by atoms with van der Waals surface area (Å²) in [5.41, 5.74) is 3.62. The Labute approximate surface area is 141 Å². The molecule has 6 heteroatoms. The summed E-state index contributed by atoms with van der Waals surface area (Å²) in [6, 6.07) is 2.27. The van der Waals surface area contributed by atoms with E-state index in [1.54, 1.807) is 11.3 Å². The van der Waals surface area contributed by atoms with Gasteiger partial charge in [0.1, 0.15) is 16.6 Å². The Morgan fingerprint density at radius 1 is 1.22 bits per heavy atom. The van der Waals surface area contributed by atoms with E-state index in [9.17, 15) is 5.26 Å². The van der Waals surface area contributed by atoms with Crippen molar-refractivity contribution in [3.63, 3.8) is 0 Å². The average Bonchev–Trinajstić information content (AvgIpc) is 3.00. The molecule has 0 fully saturated rings. The van der Waals surface area contributed by atoms with E-state index in [1.807, 2.05) is 13.8 Å². The van der Waals surface area contributed by atoms with Crippen molar-refractivity contribution in [2.24, 2.45) is 0 Å². The van der Waals surface area contributed by atoms with Gasteiger partial charge in [-0.3, -0.25) is 0 Å². The first-order chi connectivity index (χ1) is 10.9. The molecule has 2 heterocycles. The van der Waals surface area contributed by atoms with Crippen molar-refractivity contribution in [3.05, 3.63) is 32.9 Å². The molecular weight excluding hydrogens is 306 g/mol. The van der Waals surface area contributed by atoms with Gasteiger partial charge in [0.15, 0.2) is 5.82 Å². The summed E-state index contributed by atoms with van der Waals surface area (Å²) in [4.78, 5) is 4.65. The highest BCUT2D eigenvalue weighted by Gasteiger charge is 2.18. The molecule has 0 saturated carbocycles. The number of nitrogens with one attached hydrogen (secondary N) is 1. The Morgan fingerprint density at radius 3 is 2.48 bits per heavy atom. The number of aromatic nitrogens is 3. The van der Waals surface area contributed by atoms with Gasteiger partial charge >= 0.3 is 0 Å². The van der Waals surface area contributed by atoms with Crippen LogP contribution in [0.15, 0.2) is 5.38 Å². The molecule has 0 spiro atoms. The van der Waals surface area contributed by atoms with Gasteiger partial charge in [-0.05, 0) is 18.4 Å². The van der Waals surface area contributed by atoms with Crippen molar-refractivity contribution in [2.75, 3.05) is 5.32 Å². The third-order valence-corrected chi connectivity index (χ3v) is 4.53. The molecule has 0 radical (unpaired) electrons. The highest BCUT2D eigenvalue weighted by atomic mass is 32.1. The Hall–Kier alpha value is -2.00. The van der Waals surface area contributed by atoms with Gasteiger partial charge in [0.25, 0.3) is 0 Å². The van der Waals surface area contributed by atoms with Crippen LogP contribution in [0.3, 0.4) is 0 Å². The molecule has 122 valence electrons. The van der Waals surface area contributed by atoms with Crippen molar-refractivity contribution in [1.29, 1.82) is 5.26 Å². The molecule has 0 aliphatic carbocycles. The quantitative estimate of drug-likeness (QED) is 0.902. The second-order valence-corrected chi connectivity index (χ2v) is 7.34. The van der Waals surface area contributed by atoms with Crippen molar-refractivity contribution >= 4 is 17.2 Å². The first-order valence-corrected chi connectivity index (χ1v) is 8.75. The van der Waals surface area contributed by atoms with Crippen LogP contribution >= 0.6 is 11.3 Å². The summed E-state index contributed by atoms with van der Waals surface area (Å²) in [5.74, 6) is 0.550. The van der Waals surface area contributed by atoms with Crippen LogP contribution in [-0.4, -0.2) is 15.2 Å². The normalized spacial score (nSPS) is 11.3. The first-order valence-electron chi connectivity index (χ1n) is 7.87. The molecule has 2 aromatic rings. The Bertz CT molecular complexity index is 722. The molecule has 0 atom stereocenters. The molecule has 0 amide bonds. The van der Waals surface area contributed by atoms with Crippen LogP contribution in [0.5, 0.6) is 0 Å². The molecule has 0 bridgehead atoms. The van der Waals surface area contributed by atoms with Crippen molar-refractivity contribution in [2.45, 2.75) is 59.4 Å². The van der Waals surface area contributed by atoms with E-state index in [0.29, 0.717) is 17.9 Å². The zero-order valence-electron chi connectivity index (χ0n) is 14.4. The van der Waals surface area contributed by atoms with Gasteiger partial charge in [-0.2, -0.15) is 10.4 Å². The Balaban J connectivity index is 2.21. The van der Waals surface area contributed by atoms with Crippen LogP contribution < -0.4 is 5.32 Å². The van der Waals surface area contributed by atoms with Crippen LogP contribution in [0.25, 0.3) is 0 Å². The average molecular weight is 329 g/mol. The smallest absolute Gasteiger partial charge is 0.167 e. The predicted molar refractivity (Wildman–Crippen MR) is 93.6 cm³/mol. The largest absolute Gasteiger partial charge is 0.361 e. The summed E-state index contributed by atoms with van der Waals surface area (Å²) in [7, 11) is 0. The zero-order valence-corrected chi connectivity index (χ0v) is 15.2. The van der Waals surface area contributed by atoms with E-state index in [1.165, 1.54) is 0 Å². The predicted octanol–water partition coefficient (Wildman–Crippen LogP) is 3.84. The summed E-state index contributed by atoms with van der Waals surface area (Å²) in [6.45, 7) is 11.1. The van der Waals surface area contributed by atoms with Gasteiger partial charge in [0, 0.05) is 10.8 Å².